The summed E-state index contributed by atoms with van der Waals surface area (Å²) in [6.07, 6.45) is 3.48. The van der Waals surface area contributed by atoms with E-state index in [0.717, 1.165) is 53.5 Å². The Bertz CT molecular complexity index is 1200. The quantitative estimate of drug-likeness (QED) is 0.372. The minimum absolute atomic E-state index is 0.262. The van der Waals surface area contributed by atoms with Gasteiger partial charge in [0.2, 0.25) is 0 Å². The highest BCUT2D eigenvalue weighted by molar-refractivity contribution is 7.99. The van der Waals surface area contributed by atoms with E-state index in [0.29, 0.717) is 13.2 Å². The molecule has 4 nitrogen and oxygen atoms in total. The van der Waals surface area contributed by atoms with Crippen molar-refractivity contribution in [2.75, 3.05) is 24.7 Å². The molecule has 2 heterocycles. The van der Waals surface area contributed by atoms with Crippen LogP contribution in [0, 0.1) is 0 Å². The lowest BCUT2D eigenvalue weighted by molar-refractivity contribution is 0.171. The summed E-state index contributed by atoms with van der Waals surface area (Å²) >= 11 is 1.83. The molecule has 1 unspecified atom stereocenters. The maximum atomic E-state index is 6.24. The fourth-order valence-electron chi connectivity index (χ4n) is 4.60. The highest BCUT2D eigenvalue weighted by Gasteiger charge is 2.24. The van der Waals surface area contributed by atoms with Crippen molar-refractivity contribution in [2.45, 2.75) is 44.1 Å². The van der Waals surface area contributed by atoms with E-state index in [4.69, 9.17) is 19.9 Å². The second-order valence-corrected chi connectivity index (χ2v) is 9.73. The molecule has 0 saturated carbocycles. The number of rotatable bonds is 7. The van der Waals surface area contributed by atoms with Crippen molar-refractivity contribution in [3.05, 3.63) is 77.4 Å². The van der Waals surface area contributed by atoms with Crippen LogP contribution in [0.5, 0.6) is 17.2 Å². The van der Waals surface area contributed by atoms with Gasteiger partial charge in [-0.1, -0.05) is 44.5 Å². The van der Waals surface area contributed by atoms with Crippen molar-refractivity contribution in [3.63, 3.8) is 0 Å². The number of thioether (sulfide) groups is 1. The van der Waals surface area contributed by atoms with Gasteiger partial charge in [0, 0.05) is 16.3 Å². The first-order chi connectivity index (χ1) is 16.7. The number of ether oxygens (including phenoxy) is 3. The summed E-state index contributed by atoms with van der Waals surface area (Å²) in [7, 11) is 0. The van der Waals surface area contributed by atoms with Crippen molar-refractivity contribution in [2.24, 2.45) is 0 Å². The lowest BCUT2D eigenvalue weighted by Crippen LogP contribution is -2.15. The van der Waals surface area contributed by atoms with Crippen LogP contribution in [0.3, 0.4) is 0 Å². The van der Waals surface area contributed by atoms with Gasteiger partial charge in [-0.2, -0.15) is 0 Å². The third kappa shape index (κ3) is 4.62. The molecule has 176 valence electrons. The van der Waals surface area contributed by atoms with Gasteiger partial charge < -0.3 is 19.9 Å². The molecule has 5 heteroatoms. The Morgan fingerprint density at radius 2 is 1.68 bits per heavy atom. The summed E-state index contributed by atoms with van der Waals surface area (Å²) in [5, 5.41) is 0. The summed E-state index contributed by atoms with van der Waals surface area (Å²) in [5.74, 6) is 3.41. The van der Waals surface area contributed by atoms with E-state index in [1.807, 2.05) is 23.9 Å². The second kappa shape index (κ2) is 10.1. The Kier molecular flexibility index (Phi) is 6.73. The van der Waals surface area contributed by atoms with Gasteiger partial charge in [-0.05, 0) is 77.1 Å². The summed E-state index contributed by atoms with van der Waals surface area (Å²) in [4.78, 5) is 1.21. The molecule has 3 aromatic carbocycles. The third-order valence-electron chi connectivity index (χ3n) is 6.35. The average Bonchev–Trinajstić information content (AvgIpc) is 2.88. The Labute approximate surface area is 206 Å². The number of benzene rings is 3. The lowest BCUT2D eigenvalue weighted by Gasteiger charge is -2.26. The Morgan fingerprint density at radius 1 is 0.912 bits per heavy atom. The number of nitrogen functional groups attached to an aromatic ring is 1. The van der Waals surface area contributed by atoms with Gasteiger partial charge >= 0.3 is 0 Å². The van der Waals surface area contributed by atoms with E-state index in [1.165, 1.54) is 27.2 Å². The maximum absolute atomic E-state index is 6.24. The maximum Gasteiger partial charge on any atom is 0.161 e. The van der Waals surface area contributed by atoms with Crippen LogP contribution in [-0.4, -0.2) is 25.1 Å². The van der Waals surface area contributed by atoms with Gasteiger partial charge in [-0.3, -0.25) is 0 Å². The van der Waals surface area contributed by atoms with Crippen molar-refractivity contribution in [1.82, 2.24) is 0 Å². The highest BCUT2D eigenvalue weighted by Crippen LogP contribution is 2.46. The standard InChI is InChI=1S/C29H31NO3S/c1-3-5-22(4-2)33-23-10-6-19(7-11-23)29-24-12-9-21(30)17-28(24)34-18-25(29)20-8-13-26-27(16-20)32-15-14-31-26/h6-13,16-17,22H,3-5,14-15,18,30H2,1-2H3. The van der Waals surface area contributed by atoms with Crippen LogP contribution in [0.1, 0.15) is 49.8 Å². The van der Waals surface area contributed by atoms with Crippen LogP contribution in [0.2, 0.25) is 0 Å². The van der Waals surface area contributed by atoms with Crippen molar-refractivity contribution in [1.29, 1.82) is 0 Å². The first kappa shape index (κ1) is 22.7. The summed E-state index contributed by atoms with van der Waals surface area (Å²) in [6, 6.07) is 21.0. The number of hydrogen-bond donors (Lipinski definition) is 1. The molecule has 2 aliphatic heterocycles. The molecule has 2 aliphatic rings. The summed E-state index contributed by atoms with van der Waals surface area (Å²) in [5.41, 5.74) is 13.0. The molecule has 0 amide bonds. The zero-order valence-electron chi connectivity index (χ0n) is 19.8. The van der Waals surface area contributed by atoms with Gasteiger partial charge in [-0.15, -0.1) is 11.8 Å². The normalized spacial score (nSPS) is 15.6. The highest BCUT2D eigenvalue weighted by atomic mass is 32.2. The smallest absolute Gasteiger partial charge is 0.161 e. The molecule has 0 fully saturated rings. The number of hydrogen-bond acceptors (Lipinski definition) is 5. The molecule has 34 heavy (non-hydrogen) atoms. The van der Waals surface area contributed by atoms with E-state index in [2.05, 4.69) is 62.4 Å². The van der Waals surface area contributed by atoms with Crippen LogP contribution >= 0.6 is 11.8 Å². The second-order valence-electron chi connectivity index (χ2n) is 8.72. The fourth-order valence-corrected chi connectivity index (χ4v) is 5.75. The van der Waals surface area contributed by atoms with Crippen molar-refractivity contribution < 1.29 is 14.2 Å². The molecule has 0 radical (unpaired) electrons. The molecular weight excluding hydrogens is 442 g/mol. The molecule has 0 aromatic heterocycles. The Hall–Kier alpha value is -3.05. The first-order valence-electron chi connectivity index (χ1n) is 12.1. The average molecular weight is 474 g/mol. The van der Waals surface area contributed by atoms with Crippen LogP contribution in [-0.2, 0) is 0 Å². The van der Waals surface area contributed by atoms with Gasteiger partial charge in [0.15, 0.2) is 11.5 Å². The minimum Gasteiger partial charge on any atom is -0.490 e. The van der Waals surface area contributed by atoms with E-state index >= 15 is 0 Å². The van der Waals surface area contributed by atoms with Crippen molar-refractivity contribution >= 4 is 28.6 Å². The molecule has 0 aliphatic carbocycles. The molecule has 5 rings (SSSR count). The van der Waals surface area contributed by atoms with Crippen LogP contribution in [0.25, 0.3) is 11.1 Å². The summed E-state index contributed by atoms with van der Waals surface area (Å²) in [6.45, 7) is 5.56. The van der Waals surface area contributed by atoms with Gasteiger partial charge in [0.05, 0.1) is 6.10 Å². The van der Waals surface area contributed by atoms with Crippen LogP contribution < -0.4 is 19.9 Å². The minimum atomic E-state index is 0.262. The molecule has 0 saturated heterocycles. The van der Waals surface area contributed by atoms with Gasteiger partial charge in [0.25, 0.3) is 0 Å². The number of nitrogens with two attached hydrogens (primary N) is 1. The van der Waals surface area contributed by atoms with E-state index < -0.39 is 0 Å². The molecule has 3 aromatic rings. The molecule has 1 atom stereocenters. The Morgan fingerprint density at radius 3 is 2.44 bits per heavy atom. The van der Waals surface area contributed by atoms with E-state index in [1.54, 1.807) is 0 Å². The predicted octanol–water partition coefficient (Wildman–Crippen LogP) is 7.06. The summed E-state index contributed by atoms with van der Waals surface area (Å²) < 4.78 is 17.9. The van der Waals surface area contributed by atoms with Crippen LogP contribution in [0.15, 0.2) is 65.6 Å². The van der Waals surface area contributed by atoms with Crippen LogP contribution in [0.4, 0.5) is 5.69 Å². The predicted molar refractivity (Wildman–Crippen MR) is 141 cm³/mol. The number of fused-ring (bicyclic) bond motifs is 2. The fraction of sp³-hybridized carbons (Fsp3) is 0.310. The molecular formula is C29H31NO3S. The van der Waals surface area contributed by atoms with Crippen molar-refractivity contribution in [3.8, 4) is 17.2 Å². The Balaban J connectivity index is 1.57. The first-order valence-corrected chi connectivity index (χ1v) is 13.1. The topological polar surface area (TPSA) is 53.7 Å². The molecule has 0 bridgehead atoms. The third-order valence-corrected chi connectivity index (χ3v) is 7.43. The zero-order chi connectivity index (χ0) is 23.5. The largest absolute Gasteiger partial charge is 0.490 e. The van der Waals surface area contributed by atoms with Gasteiger partial charge in [-0.25, -0.2) is 0 Å². The molecule has 2 N–H and O–H groups in total. The lowest BCUT2D eigenvalue weighted by atomic mass is 9.89. The monoisotopic (exact) mass is 473 g/mol. The van der Waals surface area contributed by atoms with E-state index in [9.17, 15) is 0 Å². The zero-order valence-corrected chi connectivity index (χ0v) is 20.6. The SMILES string of the molecule is CCCC(CC)Oc1ccc(C2=C(c3ccc4c(c3)OCCO4)CSc3cc(N)ccc32)cc1. The van der Waals surface area contributed by atoms with E-state index in [-0.39, 0.29) is 6.10 Å². The van der Waals surface area contributed by atoms with Gasteiger partial charge in [0.1, 0.15) is 19.0 Å². The number of anilines is 1. The molecule has 0 spiro atoms.